The molecular weight excluding hydrogens is 602 g/mol. The van der Waals surface area contributed by atoms with Crippen molar-refractivity contribution in [2.24, 2.45) is 45.3 Å². The number of esters is 1. The molecule has 8 nitrogen and oxygen atoms in total. The lowest BCUT2D eigenvalue weighted by Crippen LogP contribution is -2.55. The number of carbonyl (C=O) groups excluding carboxylic acids is 1. The Morgan fingerprint density at radius 3 is 2.50 bits per heavy atom. The van der Waals surface area contributed by atoms with E-state index in [0.29, 0.717) is 40.6 Å². The normalized spacial score (nSPS) is 51.0. The molecule has 0 radical (unpaired) electrons. The average Bonchev–Trinajstić information content (AvgIpc) is 3.58. The van der Waals surface area contributed by atoms with Crippen molar-refractivity contribution in [2.75, 3.05) is 32.8 Å². The number of aliphatic hydroxyl groups is 1. The van der Waals surface area contributed by atoms with Crippen LogP contribution in [0.5, 0.6) is 0 Å². The number of hydrogen-bond acceptors (Lipinski definition) is 8. The summed E-state index contributed by atoms with van der Waals surface area (Å²) < 4.78 is 31.7. The highest BCUT2D eigenvalue weighted by Crippen LogP contribution is 2.87. The number of rotatable bonds is 5. The molecule has 0 aromatic rings. The predicted molar refractivity (Wildman–Crippen MR) is 179 cm³/mol. The first-order chi connectivity index (χ1) is 21.3. The summed E-state index contributed by atoms with van der Waals surface area (Å²) in [6.45, 7) is 16.8. The van der Waals surface area contributed by atoms with E-state index in [9.17, 15) is 9.90 Å². The summed E-state index contributed by atoms with van der Waals surface area (Å²) in [6.07, 6.45) is 11.8. The number of hydrogen-bond donors (Lipinski definition) is 1. The minimum Gasteiger partial charge on any atom is -0.457 e. The molecule has 3 aliphatic heterocycles. The van der Waals surface area contributed by atoms with Crippen LogP contribution in [-0.2, 0) is 28.5 Å². The lowest BCUT2D eigenvalue weighted by atomic mass is 9.46. The summed E-state index contributed by atoms with van der Waals surface area (Å²) >= 11 is 0. The molecule has 8 rings (SSSR count). The summed E-state index contributed by atoms with van der Waals surface area (Å²) in [5.41, 5.74) is 0.271. The molecule has 0 aromatic carbocycles. The van der Waals surface area contributed by atoms with Crippen LogP contribution in [0.2, 0.25) is 0 Å². The molecule has 5 aliphatic carbocycles. The lowest BCUT2D eigenvalue weighted by Gasteiger charge is -2.60. The first kappa shape index (κ1) is 34.0. The van der Waals surface area contributed by atoms with Gasteiger partial charge >= 0.3 is 5.97 Å². The highest BCUT2D eigenvalue weighted by Gasteiger charge is 2.80. The van der Waals surface area contributed by atoms with Gasteiger partial charge < -0.3 is 28.8 Å². The molecule has 8 aliphatic rings. The van der Waals surface area contributed by atoms with E-state index in [-0.39, 0.29) is 55.6 Å². The Kier molecular flexibility index (Phi) is 8.56. The molecule has 8 fully saturated rings. The number of nitrogens with zero attached hydrogens (tertiary/aromatic N) is 1. The monoisotopic (exact) mass is 663 g/mol. The largest absolute Gasteiger partial charge is 0.457 e. The number of carbonyl (C=O) groups is 1. The maximum atomic E-state index is 11.9. The van der Waals surface area contributed by atoms with Gasteiger partial charge in [-0.25, -0.2) is 0 Å². The fraction of sp³-hybridized carbons (Fsp3) is 0.973. The van der Waals surface area contributed by atoms with Crippen LogP contribution in [0.4, 0.5) is 0 Å². The Morgan fingerprint density at radius 2 is 1.74 bits per heavy atom. The van der Waals surface area contributed by atoms with E-state index in [1.54, 1.807) is 13.8 Å². The zero-order chi connectivity index (χ0) is 31.6. The van der Waals surface area contributed by atoms with Gasteiger partial charge in [-0.15, -0.1) is 0 Å². The molecule has 9 heteroatoms. The van der Waals surface area contributed by atoms with Gasteiger partial charge in [-0.3, -0.25) is 9.69 Å². The number of morpholine rings is 1. The second kappa shape index (κ2) is 11.6. The van der Waals surface area contributed by atoms with Crippen LogP contribution in [0.25, 0.3) is 0 Å². The smallest absolute Gasteiger partial charge is 0.303 e. The van der Waals surface area contributed by atoms with E-state index in [1.165, 1.54) is 45.4 Å². The zero-order valence-electron chi connectivity index (χ0n) is 29.2. The van der Waals surface area contributed by atoms with Crippen molar-refractivity contribution in [3.05, 3.63) is 0 Å². The van der Waals surface area contributed by atoms with Gasteiger partial charge in [0.2, 0.25) is 0 Å². The number of ether oxygens (including phenoxy) is 5. The minimum atomic E-state index is -1.13. The van der Waals surface area contributed by atoms with Crippen LogP contribution in [0.15, 0.2) is 0 Å². The third kappa shape index (κ3) is 5.09. The van der Waals surface area contributed by atoms with Crippen LogP contribution in [-0.4, -0.2) is 91.2 Å². The van der Waals surface area contributed by atoms with Crippen LogP contribution in [0.1, 0.15) is 106 Å². The topological polar surface area (TPSA) is 86.7 Å². The van der Waals surface area contributed by atoms with Crippen molar-refractivity contribution in [1.29, 1.82) is 0 Å². The molecule has 1 N–H and O–H groups in total. The van der Waals surface area contributed by atoms with Crippen molar-refractivity contribution < 1.29 is 33.6 Å². The molecule has 262 valence electrons. The van der Waals surface area contributed by atoms with E-state index >= 15 is 0 Å². The van der Waals surface area contributed by atoms with Crippen LogP contribution >= 0.6 is 13.5 Å². The molecule has 2 spiro atoms. The summed E-state index contributed by atoms with van der Waals surface area (Å²) in [5.74, 6) is 2.39. The molecule has 2 bridgehead atoms. The highest BCUT2D eigenvalue weighted by molar-refractivity contribution is 7.59. The highest BCUT2D eigenvalue weighted by atomic mass is 32.1. The second-order valence-corrected chi connectivity index (χ2v) is 18.2. The van der Waals surface area contributed by atoms with Gasteiger partial charge in [-0.2, -0.15) is 13.5 Å². The third-order valence-electron chi connectivity index (χ3n) is 15.3. The molecule has 0 amide bonds. The summed E-state index contributed by atoms with van der Waals surface area (Å²) in [4.78, 5) is 14.4. The first-order valence-electron chi connectivity index (χ1n) is 18.4. The molecule has 14 atom stereocenters. The Bertz CT molecular complexity index is 1180. The van der Waals surface area contributed by atoms with E-state index in [1.807, 2.05) is 0 Å². The summed E-state index contributed by atoms with van der Waals surface area (Å²) in [6, 6.07) is 0. The Balaban J connectivity index is 0.00000338. The SMILES string of the molecule is CC(=O)O[C@@H](C1CCC2C(CC3C4CCC5C(C)(C)[C@@H](OC6CN7CCO[C@@H](CO6)C7)CCC56C[C@@]46CCC23C)O1)C(C)(C)O.S. The Labute approximate surface area is 283 Å². The minimum absolute atomic E-state index is 0. The van der Waals surface area contributed by atoms with Crippen molar-refractivity contribution in [2.45, 2.75) is 148 Å². The summed E-state index contributed by atoms with van der Waals surface area (Å²) in [5, 5.41) is 10.9. The van der Waals surface area contributed by atoms with Crippen molar-refractivity contribution in [3.8, 4) is 0 Å². The fourth-order valence-corrected chi connectivity index (χ4v) is 13.4. The van der Waals surface area contributed by atoms with Crippen molar-refractivity contribution >= 4 is 19.5 Å². The lowest BCUT2D eigenvalue weighted by molar-refractivity contribution is -0.228. The fourth-order valence-electron chi connectivity index (χ4n) is 13.4. The molecule has 3 saturated heterocycles. The quantitative estimate of drug-likeness (QED) is 0.389. The maximum absolute atomic E-state index is 11.9. The zero-order valence-corrected chi connectivity index (χ0v) is 30.2. The number of fused-ring (bicyclic) bond motifs is 6. The predicted octanol–water partition coefficient (Wildman–Crippen LogP) is 5.45. The van der Waals surface area contributed by atoms with Crippen LogP contribution in [0.3, 0.4) is 0 Å². The van der Waals surface area contributed by atoms with Gasteiger partial charge in [0.25, 0.3) is 0 Å². The standard InChI is InChI=1S/C37H59NO7.H2S/c1-22(39)43-32(34(4,5)40)27-9-7-25-28(44-27)17-26-24-8-10-29-33(2,3)30(45-31-19-38-15-16-41-23(18-38)20-42-31)11-12-37(29)21-36(24,37)14-13-35(25,26)6;/h23-32,40H,7-21H2,1-6H3;1H2/t23-,24?,25?,26?,27?,28?,29?,30+,31?,32+,35?,36+,37?;/m1./s1. The Morgan fingerprint density at radius 1 is 0.957 bits per heavy atom. The summed E-state index contributed by atoms with van der Waals surface area (Å²) in [7, 11) is 0. The van der Waals surface area contributed by atoms with Crippen LogP contribution < -0.4 is 0 Å². The van der Waals surface area contributed by atoms with E-state index < -0.39 is 11.7 Å². The first-order valence-corrected chi connectivity index (χ1v) is 18.4. The Hall–Kier alpha value is -0.420. The molecule has 3 heterocycles. The van der Waals surface area contributed by atoms with E-state index in [2.05, 4.69) is 25.7 Å². The van der Waals surface area contributed by atoms with Gasteiger partial charge in [0.1, 0.15) is 0 Å². The van der Waals surface area contributed by atoms with Crippen LogP contribution in [0, 0.1) is 45.3 Å². The van der Waals surface area contributed by atoms with E-state index in [4.69, 9.17) is 23.7 Å². The van der Waals surface area contributed by atoms with E-state index in [0.717, 1.165) is 57.8 Å². The van der Waals surface area contributed by atoms with Gasteiger partial charge in [-0.1, -0.05) is 20.8 Å². The van der Waals surface area contributed by atoms with Crippen molar-refractivity contribution in [3.63, 3.8) is 0 Å². The van der Waals surface area contributed by atoms with Gasteiger partial charge in [0.15, 0.2) is 12.4 Å². The van der Waals surface area contributed by atoms with Gasteiger partial charge in [0.05, 0.1) is 43.2 Å². The van der Waals surface area contributed by atoms with Crippen molar-refractivity contribution in [1.82, 2.24) is 4.90 Å². The third-order valence-corrected chi connectivity index (χ3v) is 15.3. The average molecular weight is 664 g/mol. The molecule has 5 saturated carbocycles. The second-order valence-electron chi connectivity index (χ2n) is 18.2. The molecule has 10 unspecified atom stereocenters. The molecule has 46 heavy (non-hydrogen) atoms. The molecule has 0 aromatic heterocycles. The van der Waals surface area contributed by atoms with Gasteiger partial charge in [-0.05, 0) is 123 Å². The maximum Gasteiger partial charge on any atom is 0.303 e. The molecular formula is C37H61NO7S. The van der Waals surface area contributed by atoms with Gasteiger partial charge in [0, 0.05) is 26.6 Å².